The average Bonchev–Trinajstić information content (AvgIpc) is 2.35. The van der Waals surface area contributed by atoms with Crippen molar-refractivity contribution in [3.8, 4) is 0 Å². The second-order valence-corrected chi connectivity index (χ2v) is 5.34. The highest BCUT2D eigenvalue weighted by atomic mass is 35.5. The van der Waals surface area contributed by atoms with E-state index in [0.717, 1.165) is 13.1 Å². The molecule has 0 N–H and O–H groups in total. The van der Waals surface area contributed by atoms with E-state index in [1.165, 1.54) is 6.20 Å². The van der Waals surface area contributed by atoms with Gasteiger partial charge in [0.2, 0.25) is 0 Å². The lowest BCUT2D eigenvalue weighted by atomic mass is 10.1. The SMILES string of the molecule is CC1CN(C(=O)c2ccncc2Cl)CC(C)N1C. The summed E-state index contributed by atoms with van der Waals surface area (Å²) in [5, 5.41) is 0.418. The molecule has 2 unspecified atom stereocenters. The van der Waals surface area contributed by atoms with Gasteiger partial charge >= 0.3 is 0 Å². The van der Waals surface area contributed by atoms with Gasteiger partial charge in [-0.2, -0.15) is 0 Å². The highest BCUT2D eigenvalue weighted by Crippen LogP contribution is 2.20. The average molecular weight is 268 g/mol. The Morgan fingerprint density at radius 3 is 2.56 bits per heavy atom. The maximum absolute atomic E-state index is 12.4. The predicted octanol–water partition coefficient (Wildman–Crippen LogP) is 1.90. The number of aromatic nitrogens is 1. The first-order chi connectivity index (χ1) is 8.50. The number of amides is 1. The summed E-state index contributed by atoms with van der Waals surface area (Å²) in [7, 11) is 2.09. The predicted molar refractivity (Wildman–Crippen MR) is 71.8 cm³/mol. The van der Waals surface area contributed by atoms with E-state index in [1.54, 1.807) is 12.3 Å². The van der Waals surface area contributed by atoms with Crippen molar-refractivity contribution in [1.82, 2.24) is 14.8 Å². The summed E-state index contributed by atoms with van der Waals surface area (Å²) in [4.78, 5) is 20.5. The molecule has 0 saturated carbocycles. The summed E-state index contributed by atoms with van der Waals surface area (Å²) in [5.41, 5.74) is 0.538. The molecule has 5 heteroatoms. The molecule has 1 aromatic heterocycles. The molecule has 0 aromatic carbocycles. The summed E-state index contributed by atoms with van der Waals surface area (Å²) < 4.78 is 0. The van der Waals surface area contributed by atoms with Crippen molar-refractivity contribution in [2.45, 2.75) is 25.9 Å². The molecule has 0 aliphatic carbocycles. The third-order valence-corrected chi connectivity index (χ3v) is 3.95. The second-order valence-electron chi connectivity index (χ2n) is 4.93. The van der Waals surface area contributed by atoms with Crippen molar-refractivity contribution in [2.75, 3.05) is 20.1 Å². The van der Waals surface area contributed by atoms with Crippen LogP contribution in [0.5, 0.6) is 0 Å². The first-order valence-corrected chi connectivity index (χ1v) is 6.49. The molecule has 0 radical (unpaired) electrons. The Morgan fingerprint density at radius 2 is 2.00 bits per heavy atom. The number of hydrogen-bond acceptors (Lipinski definition) is 3. The number of likely N-dealkylation sites (N-methyl/N-ethyl adjacent to an activating group) is 1. The van der Waals surface area contributed by atoms with E-state index in [1.807, 2.05) is 4.90 Å². The van der Waals surface area contributed by atoms with Gasteiger partial charge in [0.15, 0.2) is 0 Å². The van der Waals surface area contributed by atoms with Crippen LogP contribution in [0.1, 0.15) is 24.2 Å². The Balaban J connectivity index is 2.18. The zero-order valence-electron chi connectivity index (χ0n) is 10.9. The molecule has 98 valence electrons. The van der Waals surface area contributed by atoms with Gasteiger partial charge in [0.05, 0.1) is 10.6 Å². The lowest BCUT2D eigenvalue weighted by Gasteiger charge is -2.42. The molecule has 1 aliphatic heterocycles. The Bertz CT molecular complexity index is 440. The number of carbonyl (C=O) groups excluding carboxylic acids is 1. The van der Waals surface area contributed by atoms with Gasteiger partial charge in [0.1, 0.15) is 0 Å². The summed E-state index contributed by atoms with van der Waals surface area (Å²) in [6.45, 7) is 5.73. The summed E-state index contributed by atoms with van der Waals surface area (Å²) >= 11 is 6.02. The number of nitrogens with zero attached hydrogens (tertiary/aromatic N) is 3. The fourth-order valence-electron chi connectivity index (χ4n) is 2.29. The molecule has 0 spiro atoms. The van der Waals surface area contributed by atoms with Crippen LogP contribution in [-0.2, 0) is 0 Å². The molecule has 2 atom stereocenters. The van der Waals surface area contributed by atoms with Crippen molar-refractivity contribution in [3.63, 3.8) is 0 Å². The molecule has 1 aromatic rings. The Hall–Kier alpha value is -1.13. The number of halogens is 1. The van der Waals surface area contributed by atoms with Gasteiger partial charge in [-0.15, -0.1) is 0 Å². The minimum Gasteiger partial charge on any atom is -0.335 e. The fourth-order valence-corrected chi connectivity index (χ4v) is 2.49. The van der Waals surface area contributed by atoms with Crippen LogP contribution in [0.15, 0.2) is 18.5 Å². The Morgan fingerprint density at radius 1 is 1.39 bits per heavy atom. The number of piperazine rings is 1. The van der Waals surface area contributed by atoms with Crippen LogP contribution < -0.4 is 0 Å². The van der Waals surface area contributed by atoms with E-state index in [0.29, 0.717) is 22.7 Å². The maximum Gasteiger partial charge on any atom is 0.255 e. The van der Waals surface area contributed by atoms with Crippen molar-refractivity contribution >= 4 is 17.5 Å². The van der Waals surface area contributed by atoms with Crippen LogP contribution in [0.4, 0.5) is 0 Å². The summed E-state index contributed by atoms with van der Waals surface area (Å²) in [6, 6.07) is 2.40. The molecule has 1 fully saturated rings. The fraction of sp³-hybridized carbons (Fsp3) is 0.538. The molecule has 1 saturated heterocycles. The molecule has 2 rings (SSSR count). The third-order valence-electron chi connectivity index (χ3n) is 3.65. The molecule has 18 heavy (non-hydrogen) atoms. The van der Waals surface area contributed by atoms with E-state index in [-0.39, 0.29) is 5.91 Å². The van der Waals surface area contributed by atoms with Gasteiger partial charge in [-0.05, 0) is 27.0 Å². The lowest BCUT2D eigenvalue weighted by Crippen LogP contribution is -2.56. The van der Waals surface area contributed by atoms with Crippen molar-refractivity contribution in [1.29, 1.82) is 0 Å². The topological polar surface area (TPSA) is 36.4 Å². The van der Waals surface area contributed by atoms with Gasteiger partial charge in [-0.25, -0.2) is 0 Å². The molecule has 4 nitrogen and oxygen atoms in total. The zero-order valence-corrected chi connectivity index (χ0v) is 11.7. The van der Waals surface area contributed by atoms with E-state index in [4.69, 9.17) is 11.6 Å². The van der Waals surface area contributed by atoms with Crippen molar-refractivity contribution in [2.24, 2.45) is 0 Å². The lowest BCUT2D eigenvalue weighted by molar-refractivity contribution is 0.0414. The Labute approximate surface area is 113 Å². The van der Waals surface area contributed by atoms with Gasteiger partial charge in [0.25, 0.3) is 5.91 Å². The molecule has 1 aliphatic rings. The van der Waals surface area contributed by atoms with Gasteiger partial charge < -0.3 is 4.90 Å². The number of carbonyl (C=O) groups is 1. The number of pyridine rings is 1. The molecule has 2 heterocycles. The van der Waals surface area contributed by atoms with E-state index in [2.05, 4.69) is 30.8 Å². The number of hydrogen-bond donors (Lipinski definition) is 0. The van der Waals surface area contributed by atoms with E-state index < -0.39 is 0 Å². The highest BCUT2D eigenvalue weighted by molar-refractivity contribution is 6.33. The second kappa shape index (κ2) is 5.24. The molecule has 1 amide bonds. The van der Waals surface area contributed by atoms with Crippen molar-refractivity contribution in [3.05, 3.63) is 29.0 Å². The summed E-state index contributed by atoms with van der Waals surface area (Å²) in [6.07, 6.45) is 3.11. The van der Waals surface area contributed by atoms with E-state index >= 15 is 0 Å². The van der Waals surface area contributed by atoms with E-state index in [9.17, 15) is 4.79 Å². The minimum absolute atomic E-state index is 0.00537. The Kier molecular flexibility index (Phi) is 3.88. The van der Waals surface area contributed by atoms with Crippen molar-refractivity contribution < 1.29 is 4.79 Å². The van der Waals surface area contributed by atoms with Crippen LogP contribution in [0.3, 0.4) is 0 Å². The van der Waals surface area contributed by atoms with Gasteiger partial charge in [0, 0.05) is 37.6 Å². The first kappa shape index (κ1) is 13.3. The molecule has 0 bridgehead atoms. The monoisotopic (exact) mass is 267 g/mol. The highest BCUT2D eigenvalue weighted by Gasteiger charge is 2.30. The van der Waals surface area contributed by atoms with Crippen LogP contribution in [-0.4, -0.2) is 52.9 Å². The van der Waals surface area contributed by atoms with Gasteiger partial charge in [-0.3, -0.25) is 14.7 Å². The quantitative estimate of drug-likeness (QED) is 0.780. The first-order valence-electron chi connectivity index (χ1n) is 6.11. The van der Waals surface area contributed by atoms with Gasteiger partial charge in [-0.1, -0.05) is 11.6 Å². The van der Waals surface area contributed by atoms with Crippen LogP contribution in [0.2, 0.25) is 5.02 Å². The smallest absolute Gasteiger partial charge is 0.255 e. The summed E-state index contributed by atoms with van der Waals surface area (Å²) in [5.74, 6) is -0.00537. The van der Waals surface area contributed by atoms with Crippen LogP contribution in [0.25, 0.3) is 0 Å². The maximum atomic E-state index is 12.4. The largest absolute Gasteiger partial charge is 0.335 e. The zero-order chi connectivity index (χ0) is 13.3. The molecular weight excluding hydrogens is 250 g/mol. The van der Waals surface area contributed by atoms with Crippen LogP contribution in [0, 0.1) is 0 Å². The normalized spacial score (nSPS) is 25.2. The van der Waals surface area contributed by atoms with Crippen LogP contribution >= 0.6 is 11.6 Å². The minimum atomic E-state index is -0.00537. The third kappa shape index (κ3) is 2.49. The number of rotatable bonds is 1. The molecular formula is C13H18ClN3O. The standard InChI is InChI=1S/C13H18ClN3O/c1-9-7-17(8-10(2)16(9)3)13(18)11-4-5-15-6-12(11)14/h4-6,9-10H,7-8H2,1-3H3.